The van der Waals surface area contributed by atoms with Gasteiger partial charge < -0.3 is 49.3 Å². The molecule has 5 atom stereocenters. The van der Waals surface area contributed by atoms with Crippen molar-refractivity contribution >= 4 is 45.8 Å². The van der Waals surface area contributed by atoms with Gasteiger partial charge in [-0.15, -0.1) is 0 Å². The van der Waals surface area contributed by atoms with E-state index in [2.05, 4.69) is 44.9 Å². The smallest absolute Gasteiger partial charge is 0.407 e. The molecule has 338 valence electrons. The lowest BCUT2D eigenvalue weighted by molar-refractivity contribution is -0.138. The van der Waals surface area contributed by atoms with E-state index in [1.54, 1.807) is 30.0 Å². The Kier molecular flexibility index (Phi) is 14.6. The second-order valence-electron chi connectivity index (χ2n) is 16.8. The van der Waals surface area contributed by atoms with Gasteiger partial charge in [-0.25, -0.2) is 19.6 Å². The van der Waals surface area contributed by atoms with Crippen LogP contribution in [0.5, 0.6) is 5.75 Å². The number of imidazole rings is 2. The van der Waals surface area contributed by atoms with E-state index >= 15 is 0 Å². The zero-order chi connectivity index (χ0) is 45.7. The van der Waals surface area contributed by atoms with E-state index < -0.39 is 36.4 Å². The van der Waals surface area contributed by atoms with Crippen LogP contribution in [0.3, 0.4) is 0 Å². The van der Waals surface area contributed by atoms with Crippen molar-refractivity contribution in [2.45, 2.75) is 105 Å². The van der Waals surface area contributed by atoms with Crippen LogP contribution in [-0.4, -0.2) is 106 Å². The minimum Gasteiger partial charge on any atom is -0.488 e. The molecular formula is C47H62N8O8. The Bertz CT molecular complexity index is 2440. The van der Waals surface area contributed by atoms with Crippen molar-refractivity contribution in [3.05, 3.63) is 65.9 Å². The van der Waals surface area contributed by atoms with E-state index in [1.807, 2.05) is 66.7 Å². The number of rotatable bonds is 17. The standard InChI is InChI=1S/C47H62N8O8/c1-12-33(13-2)55(44(56)27(6)49-46(58)61-10)29(8)42-48-21-38(51-42)31-14-16-34-32(18-31)24-63-39-20-35-30(19-36(34)39)15-17-37-41(35)52-43(50-37)28(7)54(22-26(5)23-60-9)45(57)40(25(3)4)53-47(59)62-11/h14-21,25-29,33,40H,12-13,22-24H2,1-11H3,(H,48,51)(H,49,58)(H,50,52)(H,53,59)/t26-,27-,28-,29-,40-/m0/s1. The quantitative estimate of drug-likeness (QED) is 0.0711. The highest BCUT2D eigenvalue weighted by molar-refractivity contribution is 6.07. The molecule has 0 radical (unpaired) electrons. The molecule has 5 aromatic rings. The first-order valence-electron chi connectivity index (χ1n) is 21.7. The first-order valence-corrected chi connectivity index (χ1v) is 21.7. The number of benzene rings is 3. The lowest BCUT2D eigenvalue weighted by Gasteiger charge is -2.36. The van der Waals surface area contributed by atoms with Crippen LogP contribution in [0.4, 0.5) is 9.59 Å². The summed E-state index contributed by atoms with van der Waals surface area (Å²) >= 11 is 0. The van der Waals surface area contributed by atoms with Gasteiger partial charge in [0.2, 0.25) is 11.8 Å². The highest BCUT2D eigenvalue weighted by Crippen LogP contribution is 2.43. The van der Waals surface area contributed by atoms with Gasteiger partial charge >= 0.3 is 12.2 Å². The number of nitrogens with zero attached hydrogens (tertiary/aromatic N) is 4. The molecule has 3 heterocycles. The van der Waals surface area contributed by atoms with Gasteiger partial charge in [0.15, 0.2) is 0 Å². The van der Waals surface area contributed by atoms with Gasteiger partial charge in [-0.05, 0) is 91.8 Å². The summed E-state index contributed by atoms with van der Waals surface area (Å²) in [7, 11) is 4.18. The number of carbonyl (C=O) groups is 4. The summed E-state index contributed by atoms with van der Waals surface area (Å²) in [6.45, 7) is 16.6. The number of H-pyrrole nitrogens is 2. The van der Waals surface area contributed by atoms with Crippen molar-refractivity contribution < 1.29 is 38.1 Å². The summed E-state index contributed by atoms with van der Waals surface area (Å²) in [6.07, 6.45) is 1.94. The topological polar surface area (TPSA) is 193 Å². The van der Waals surface area contributed by atoms with Crippen LogP contribution in [0, 0.1) is 11.8 Å². The average molecular weight is 867 g/mol. The van der Waals surface area contributed by atoms with Crippen molar-refractivity contribution in [3.8, 4) is 28.1 Å². The van der Waals surface area contributed by atoms with E-state index in [1.165, 1.54) is 14.2 Å². The zero-order valence-electron chi connectivity index (χ0n) is 38.3. The van der Waals surface area contributed by atoms with Crippen molar-refractivity contribution in [1.29, 1.82) is 0 Å². The Morgan fingerprint density at radius 1 is 0.825 bits per heavy atom. The minimum atomic E-state index is -0.802. The monoisotopic (exact) mass is 866 g/mol. The van der Waals surface area contributed by atoms with E-state index in [4.69, 9.17) is 28.9 Å². The molecule has 0 unspecified atom stereocenters. The molecule has 63 heavy (non-hydrogen) atoms. The van der Waals surface area contributed by atoms with E-state index in [0.717, 1.165) is 68.3 Å². The molecule has 0 saturated carbocycles. The highest BCUT2D eigenvalue weighted by atomic mass is 16.5. The van der Waals surface area contributed by atoms with Gasteiger partial charge in [0.05, 0.1) is 55.8 Å². The predicted octanol–water partition coefficient (Wildman–Crippen LogP) is 8.04. The molecule has 0 aliphatic carbocycles. The molecule has 6 rings (SSSR count). The van der Waals surface area contributed by atoms with Crippen LogP contribution in [-0.2, 0) is 30.4 Å². The van der Waals surface area contributed by atoms with Gasteiger partial charge in [0, 0.05) is 30.6 Å². The van der Waals surface area contributed by atoms with Crippen molar-refractivity contribution in [2.75, 3.05) is 34.5 Å². The third-order valence-electron chi connectivity index (χ3n) is 12.1. The number of methoxy groups -OCH3 is 3. The maximum atomic E-state index is 14.2. The number of aromatic amines is 2. The molecule has 1 aliphatic heterocycles. The molecule has 2 aromatic heterocycles. The molecule has 4 amide bonds. The van der Waals surface area contributed by atoms with Crippen molar-refractivity contribution in [2.24, 2.45) is 11.8 Å². The summed E-state index contributed by atoms with van der Waals surface area (Å²) in [5, 5.41) is 7.26. The number of nitrogens with one attached hydrogen (secondary N) is 4. The van der Waals surface area contributed by atoms with Gasteiger partial charge in [-0.2, -0.15) is 0 Å². The number of aromatic nitrogens is 4. The van der Waals surface area contributed by atoms with Crippen molar-refractivity contribution in [1.82, 2.24) is 40.4 Å². The Morgan fingerprint density at radius 2 is 1.54 bits per heavy atom. The molecule has 0 bridgehead atoms. The van der Waals surface area contributed by atoms with Crippen LogP contribution in [0.2, 0.25) is 0 Å². The number of amides is 4. The number of hydrogen-bond acceptors (Lipinski definition) is 10. The van der Waals surface area contributed by atoms with Crippen LogP contribution in [0.25, 0.3) is 44.2 Å². The Balaban J connectivity index is 1.28. The fourth-order valence-corrected chi connectivity index (χ4v) is 8.53. The Morgan fingerprint density at radius 3 is 2.21 bits per heavy atom. The third kappa shape index (κ3) is 9.75. The molecule has 4 N–H and O–H groups in total. The lowest BCUT2D eigenvalue weighted by Crippen LogP contribution is -2.53. The molecular weight excluding hydrogens is 805 g/mol. The summed E-state index contributed by atoms with van der Waals surface area (Å²) < 4.78 is 21.4. The first kappa shape index (κ1) is 46.3. The molecule has 16 nitrogen and oxygen atoms in total. The van der Waals surface area contributed by atoms with Gasteiger partial charge in [0.1, 0.15) is 36.1 Å². The second-order valence-corrected chi connectivity index (χ2v) is 16.8. The molecule has 3 aromatic carbocycles. The van der Waals surface area contributed by atoms with Crippen molar-refractivity contribution in [3.63, 3.8) is 0 Å². The SMILES string of the molecule is CCC(CC)N(C(=O)[C@H](C)NC(=O)OC)[C@@H](C)c1ncc(-c2ccc3c(c2)COc2cc4c(ccc5nc([C@H](C)N(C[C@H](C)COC)C(=O)[C@@H](NC(=O)OC)C(C)C)[nH]c54)cc2-3)[nH]1. The summed E-state index contributed by atoms with van der Waals surface area (Å²) in [5.41, 5.74) is 6.37. The van der Waals surface area contributed by atoms with Crippen LogP contribution in [0.1, 0.15) is 97.5 Å². The number of fused-ring (bicyclic) bond motifs is 6. The highest BCUT2D eigenvalue weighted by Gasteiger charge is 2.35. The minimum absolute atomic E-state index is 0.0151. The maximum Gasteiger partial charge on any atom is 0.407 e. The Labute approximate surface area is 368 Å². The fourth-order valence-electron chi connectivity index (χ4n) is 8.53. The fraction of sp³-hybridized carbons (Fsp3) is 0.489. The number of ether oxygens (including phenoxy) is 4. The average Bonchev–Trinajstić information content (AvgIpc) is 3.96. The first-order chi connectivity index (χ1) is 30.1. The number of alkyl carbamates (subject to hydrolysis) is 2. The largest absolute Gasteiger partial charge is 0.488 e. The van der Waals surface area contributed by atoms with E-state index in [9.17, 15) is 19.2 Å². The Hall–Kier alpha value is -6.16. The number of hydrogen-bond donors (Lipinski definition) is 4. The molecule has 16 heteroatoms. The predicted molar refractivity (Wildman–Crippen MR) is 241 cm³/mol. The number of carbonyl (C=O) groups excluding carboxylic acids is 4. The van der Waals surface area contributed by atoms with Gasteiger partial charge in [-0.1, -0.05) is 52.8 Å². The molecule has 0 spiro atoms. The molecule has 0 saturated heterocycles. The molecule has 1 aliphatic rings. The van der Waals surface area contributed by atoms with Gasteiger partial charge in [0.25, 0.3) is 0 Å². The van der Waals surface area contributed by atoms with Gasteiger partial charge in [-0.3, -0.25) is 9.59 Å². The molecule has 0 fully saturated rings. The third-order valence-corrected chi connectivity index (χ3v) is 12.1. The van der Waals surface area contributed by atoms with Crippen LogP contribution >= 0.6 is 0 Å². The maximum absolute atomic E-state index is 14.2. The van der Waals surface area contributed by atoms with Crippen LogP contribution < -0.4 is 15.4 Å². The lowest BCUT2D eigenvalue weighted by atomic mass is 9.92. The van der Waals surface area contributed by atoms with Crippen LogP contribution in [0.15, 0.2) is 48.7 Å². The van der Waals surface area contributed by atoms with E-state index in [-0.39, 0.29) is 29.7 Å². The summed E-state index contributed by atoms with van der Waals surface area (Å²) in [5.74, 6) is 1.37. The zero-order valence-corrected chi connectivity index (χ0v) is 38.3. The van der Waals surface area contributed by atoms with E-state index in [0.29, 0.717) is 31.4 Å². The second kappa shape index (κ2) is 19.9. The summed E-state index contributed by atoms with van der Waals surface area (Å²) in [6, 6.07) is 12.0. The summed E-state index contributed by atoms with van der Waals surface area (Å²) in [4.78, 5) is 72.4. The normalized spacial score (nSPS) is 14.6.